The fourth-order valence-electron chi connectivity index (χ4n) is 0.855. The fourth-order valence-corrected chi connectivity index (χ4v) is 1.79. The molecule has 15 heavy (non-hydrogen) atoms. The molecule has 0 spiro atoms. The summed E-state index contributed by atoms with van der Waals surface area (Å²) in [5, 5.41) is 17.3. The van der Waals surface area contributed by atoms with E-state index in [1.807, 2.05) is 6.07 Å². The van der Waals surface area contributed by atoms with Gasteiger partial charge in [0.2, 0.25) is 0 Å². The lowest BCUT2D eigenvalue weighted by Gasteiger charge is -2.05. The highest BCUT2D eigenvalue weighted by Gasteiger charge is 2.11. The Morgan fingerprint density at radius 3 is 3.13 bits per heavy atom. The maximum Gasteiger partial charge on any atom is 0.307 e. The average Bonchev–Trinajstić information content (AvgIpc) is 2.26. The third-order valence-corrected chi connectivity index (χ3v) is 3.02. The summed E-state index contributed by atoms with van der Waals surface area (Å²) >= 11 is 1.41. The zero-order valence-corrected chi connectivity index (χ0v) is 8.99. The first kappa shape index (κ1) is 11.5. The van der Waals surface area contributed by atoms with Gasteiger partial charge in [-0.05, 0) is 12.1 Å². The SMILES string of the molecule is CC(CSc1ccnc(C#N)c1)C(=O)O. The first-order chi connectivity index (χ1) is 7.13. The zero-order valence-electron chi connectivity index (χ0n) is 8.17. The van der Waals surface area contributed by atoms with Crippen LogP contribution in [0.4, 0.5) is 0 Å². The van der Waals surface area contributed by atoms with Crippen LogP contribution in [0, 0.1) is 17.2 Å². The maximum absolute atomic E-state index is 10.6. The van der Waals surface area contributed by atoms with Crippen molar-refractivity contribution in [2.24, 2.45) is 5.92 Å². The monoisotopic (exact) mass is 222 g/mol. The van der Waals surface area contributed by atoms with E-state index in [9.17, 15) is 4.79 Å². The molecule has 0 aromatic carbocycles. The van der Waals surface area contributed by atoms with Crippen molar-refractivity contribution in [3.8, 4) is 6.07 Å². The van der Waals surface area contributed by atoms with E-state index in [0.717, 1.165) is 4.90 Å². The Balaban J connectivity index is 2.58. The molecular formula is C10H10N2O2S. The molecule has 1 atom stereocenters. The minimum atomic E-state index is -0.808. The molecular weight excluding hydrogens is 212 g/mol. The predicted octanol–water partition coefficient (Wildman–Crippen LogP) is 1.77. The van der Waals surface area contributed by atoms with Crippen molar-refractivity contribution in [3.63, 3.8) is 0 Å². The molecule has 78 valence electrons. The Hall–Kier alpha value is -1.54. The number of carbonyl (C=O) groups is 1. The standard InChI is InChI=1S/C10H10N2O2S/c1-7(10(13)14)6-15-9-2-3-12-8(4-9)5-11/h2-4,7H,6H2,1H3,(H,13,14). The highest BCUT2D eigenvalue weighted by atomic mass is 32.2. The summed E-state index contributed by atoms with van der Waals surface area (Å²) in [4.78, 5) is 15.3. The number of hydrogen-bond acceptors (Lipinski definition) is 4. The number of carboxylic acids is 1. The van der Waals surface area contributed by atoms with E-state index < -0.39 is 11.9 Å². The van der Waals surface area contributed by atoms with Gasteiger partial charge in [-0.2, -0.15) is 5.26 Å². The molecule has 0 aliphatic heterocycles. The van der Waals surface area contributed by atoms with Gasteiger partial charge in [0.1, 0.15) is 11.8 Å². The van der Waals surface area contributed by atoms with Gasteiger partial charge in [0, 0.05) is 16.8 Å². The van der Waals surface area contributed by atoms with Crippen LogP contribution in [0.15, 0.2) is 23.2 Å². The summed E-state index contributed by atoms with van der Waals surface area (Å²) in [7, 11) is 0. The Labute approximate surface area is 91.9 Å². The number of aromatic nitrogens is 1. The van der Waals surface area contributed by atoms with Gasteiger partial charge in [0.25, 0.3) is 0 Å². The molecule has 0 aliphatic rings. The molecule has 0 aliphatic carbocycles. The van der Waals surface area contributed by atoms with Crippen molar-refractivity contribution in [1.29, 1.82) is 5.26 Å². The summed E-state index contributed by atoms with van der Waals surface area (Å²) in [6, 6.07) is 5.35. The number of thioether (sulfide) groups is 1. The van der Waals surface area contributed by atoms with Crippen LogP contribution in [0.3, 0.4) is 0 Å². The molecule has 5 heteroatoms. The molecule has 0 fully saturated rings. The number of nitrogens with zero attached hydrogens (tertiary/aromatic N) is 2. The normalized spacial score (nSPS) is 11.7. The van der Waals surface area contributed by atoms with Crippen LogP contribution in [0.1, 0.15) is 12.6 Å². The number of rotatable bonds is 4. The second-order valence-electron chi connectivity index (χ2n) is 3.04. The molecule has 1 N–H and O–H groups in total. The quantitative estimate of drug-likeness (QED) is 0.786. The van der Waals surface area contributed by atoms with Crippen molar-refractivity contribution in [3.05, 3.63) is 24.0 Å². The molecule has 1 aromatic rings. The minimum absolute atomic E-state index is 0.350. The number of aliphatic carboxylic acids is 1. The van der Waals surface area contributed by atoms with Crippen LogP contribution < -0.4 is 0 Å². The first-order valence-electron chi connectivity index (χ1n) is 4.35. The average molecular weight is 222 g/mol. The van der Waals surface area contributed by atoms with Crippen LogP contribution in [0.2, 0.25) is 0 Å². The Morgan fingerprint density at radius 2 is 2.53 bits per heavy atom. The van der Waals surface area contributed by atoms with Crippen LogP contribution >= 0.6 is 11.8 Å². The smallest absolute Gasteiger partial charge is 0.307 e. The second kappa shape index (κ2) is 5.37. The summed E-state index contributed by atoms with van der Waals surface area (Å²) < 4.78 is 0. The second-order valence-corrected chi connectivity index (χ2v) is 4.13. The lowest BCUT2D eigenvalue weighted by Crippen LogP contribution is -2.11. The van der Waals surface area contributed by atoms with Gasteiger partial charge >= 0.3 is 5.97 Å². The highest BCUT2D eigenvalue weighted by Crippen LogP contribution is 2.20. The largest absolute Gasteiger partial charge is 0.481 e. The van der Waals surface area contributed by atoms with E-state index in [-0.39, 0.29) is 0 Å². The van der Waals surface area contributed by atoms with Gasteiger partial charge in [-0.1, -0.05) is 6.92 Å². The molecule has 0 saturated carbocycles. The van der Waals surface area contributed by atoms with Gasteiger partial charge in [0.05, 0.1) is 5.92 Å². The number of nitriles is 1. The number of carboxylic acid groups (broad SMARTS) is 1. The van der Waals surface area contributed by atoms with E-state index >= 15 is 0 Å². The van der Waals surface area contributed by atoms with Crippen molar-refractivity contribution < 1.29 is 9.90 Å². The first-order valence-corrected chi connectivity index (χ1v) is 5.34. The molecule has 0 amide bonds. The number of pyridine rings is 1. The molecule has 1 aromatic heterocycles. The molecule has 1 heterocycles. The predicted molar refractivity (Wildman–Crippen MR) is 56.5 cm³/mol. The topological polar surface area (TPSA) is 74.0 Å². The van der Waals surface area contributed by atoms with E-state index in [1.54, 1.807) is 25.3 Å². The molecule has 0 radical (unpaired) electrons. The third kappa shape index (κ3) is 3.60. The summed E-state index contributed by atoms with van der Waals surface area (Å²) in [6.45, 7) is 1.65. The van der Waals surface area contributed by atoms with Crippen LogP contribution in [0.5, 0.6) is 0 Å². The fraction of sp³-hybridized carbons (Fsp3) is 0.300. The van der Waals surface area contributed by atoms with Crippen molar-refractivity contribution >= 4 is 17.7 Å². The van der Waals surface area contributed by atoms with Crippen molar-refractivity contribution in [1.82, 2.24) is 4.98 Å². The highest BCUT2D eigenvalue weighted by molar-refractivity contribution is 7.99. The summed E-state index contributed by atoms with van der Waals surface area (Å²) in [5.74, 6) is -0.713. The third-order valence-electron chi connectivity index (χ3n) is 1.77. The molecule has 4 nitrogen and oxygen atoms in total. The van der Waals surface area contributed by atoms with Crippen molar-refractivity contribution in [2.45, 2.75) is 11.8 Å². The van der Waals surface area contributed by atoms with Crippen molar-refractivity contribution in [2.75, 3.05) is 5.75 Å². The van der Waals surface area contributed by atoms with Gasteiger partial charge in [-0.3, -0.25) is 4.79 Å². The Bertz CT molecular complexity index is 401. The summed E-state index contributed by atoms with van der Waals surface area (Å²) in [6.07, 6.45) is 1.55. The van der Waals surface area contributed by atoms with E-state index in [0.29, 0.717) is 11.4 Å². The molecule has 1 unspecified atom stereocenters. The van der Waals surface area contributed by atoms with Gasteiger partial charge in [0.15, 0.2) is 0 Å². The molecule has 1 rings (SSSR count). The van der Waals surface area contributed by atoms with E-state index in [4.69, 9.17) is 10.4 Å². The molecule has 0 saturated heterocycles. The van der Waals surface area contributed by atoms with E-state index in [2.05, 4.69) is 4.98 Å². The van der Waals surface area contributed by atoms with Crippen LogP contribution in [0.25, 0.3) is 0 Å². The Morgan fingerprint density at radius 1 is 1.80 bits per heavy atom. The number of hydrogen-bond donors (Lipinski definition) is 1. The van der Waals surface area contributed by atoms with Crippen LogP contribution in [-0.4, -0.2) is 21.8 Å². The molecule has 0 bridgehead atoms. The van der Waals surface area contributed by atoms with Gasteiger partial charge in [-0.25, -0.2) is 4.98 Å². The Kier molecular flexibility index (Phi) is 4.13. The van der Waals surface area contributed by atoms with Crippen LogP contribution in [-0.2, 0) is 4.79 Å². The van der Waals surface area contributed by atoms with Gasteiger partial charge < -0.3 is 5.11 Å². The summed E-state index contributed by atoms with van der Waals surface area (Å²) in [5.41, 5.74) is 0.350. The van der Waals surface area contributed by atoms with E-state index in [1.165, 1.54) is 11.8 Å². The lowest BCUT2D eigenvalue weighted by molar-refractivity contribution is -0.140. The lowest BCUT2D eigenvalue weighted by atomic mass is 10.2. The minimum Gasteiger partial charge on any atom is -0.481 e. The van der Waals surface area contributed by atoms with Gasteiger partial charge in [-0.15, -0.1) is 11.8 Å². The zero-order chi connectivity index (χ0) is 11.3. The maximum atomic E-state index is 10.6.